The van der Waals surface area contributed by atoms with Gasteiger partial charge in [-0.05, 0) is 42.2 Å². The molecular formula is C25H26FNO2. The third-order valence-electron chi connectivity index (χ3n) is 5.03. The Bertz CT molecular complexity index is 858. The number of carbonyl (C=O) groups excluding carboxylic acids is 1. The second-order valence-electron chi connectivity index (χ2n) is 7.35. The van der Waals surface area contributed by atoms with Crippen LogP contribution in [0.15, 0.2) is 84.9 Å². The number of hydrogen-bond acceptors (Lipinski definition) is 2. The molecule has 2 unspecified atom stereocenters. The molecule has 2 atom stereocenters. The van der Waals surface area contributed by atoms with E-state index >= 15 is 0 Å². The highest BCUT2D eigenvalue weighted by Crippen LogP contribution is 2.28. The molecule has 29 heavy (non-hydrogen) atoms. The van der Waals surface area contributed by atoms with Crippen LogP contribution in [-0.4, -0.2) is 17.1 Å². The summed E-state index contributed by atoms with van der Waals surface area (Å²) in [6.45, 7) is 1.87. The van der Waals surface area contributed by atoms with E-state index in [9.17, 15) is 14.3 Å². The Balaban J connectivity index is 1.63. The van der Waals surface area contributed by atoms with Gasteiger partial charge in [0.25, 0.3) is 0 Å². The average Bonchev–Trinajstić information content (AvgIpc) is 2.73. The number of aliphatic hydroxyl groups is 1. The lowest BCUT2D eigenvalue weighted by molar-refractivity contribution is -0.122. The molecule has 0 heterocycles. The van der Waals surface area contributed by atoms with Gasteiger partial charge < -0.3 is 10.4 Å². The number of hydrogen-bond donors (Lipinski definition) is 2. The van der Waals surface area contributed by atoms with Gasteiger partial charge in [-0.25, -0.2) is 4.39 Å². The molecule has 0 spiro atoms. The molecule has 3 aromatic carbocycles. The molecule has 0 fully saturated rings. The molecule has 0 saturated heterocycles. The number of nitrogens with one attached hydrogen (secondary N) is 1. The summed E-state index contributed by atoms with van der Waals surface area (Å²) >= 11 is 0. The van der Waals surface area contributed by atoms with E-state index in [0.29, 0.717) is 18.4 Å². The van der Waals surface area contributed by atoms with Gasteiger partial charge in [-0.1, -0.05) is 72.8 Å². The Morgan fingerprint density at radius 2 is 1.38 bits per heavy atom. The largest absolute Gasteiger partial charge is 0.388 e. The zero-order valence-electron chi connectivity index (χ0n) is 16.5. The Hall–Kier alpha value is -2.98. The summed E-state index contributed by atoms with van der Waals surface area (Å²) in [6, 6.07) is 25.5. The minimum Gasteiger partial charge on any atom is -0.388 e. The van der Waals surface area contributed by atoms with Crippen LogP contribution in [0.3, 0.4) is 0 Å². The van der Waals surface area contributed by atoms with E-state index < -0.39 is 6.10 Å². The van der Waals surface area contributed by atoms with Crippen molar-refractivity contribution < 1.29 is 14.3 Å². The highest BCUT2D eigenvalue weighted by atomic mass is 19.1. The summed E-state index contributed by atoms with van der Waals surface area (Å²) in [5.74, 6) is -0.441. The van der Waals surface area contributed by atoms with E-state index in [2.05, 4.69) is 5.32 Å². The maximum absolute atomic E-state index is 13.0. The molecule has 3 nitrogen and oxygen atoms in total. The average molecular weight is 391 g/mol. The van der Waals surface area contributed by atoms with E-state index in [0.717, 1.165) is 11.1 Å². The third kappa shape index (κ3) is 6.00. The summed E-state index contributed by atoms with van der Waals surface area (Å²) in [7, 11) is 0. The molecule has 0 aliphatic heterocycles. The van der Waals surface area contributed by atoms with Crippen LogP contribution in [0.1, 0.15) is 48.5 Å². The second kappa shape index (κ2) is 9.99. The minimum absolute atomic E-state index is 0.0355. The zero-order valence-corrected chi connectivity index (χ0v) is 16.5. The van der Waals surface area contributed by atoms with Crippen LogP contribution in [0.5, 0.6) is 0 Å². The summed E-state index contributed by atoms with van der Waals surface area (Å²) in [6.07, 6.45) is -0.0751. The highest BCUT2D eigenvalue weighted by Gasteiger charge is 2.20. The molecule has 150 valence electrons. The van der Waals surface area contributed by atoms with Gasteiger partial charge >= 0.3 is 0 Å². The lowest BCUT2D eigenvalue weighted by Crippen LogP contribution is -2.34. The first-order valence-corrected chi connectivity index (χ1v) is 9.85. The molecule has 0 aliphatic rings. The SMILES string of the molecule is CC(CC(O)c1ccc(F)cc1)NC(=O)CC(c1ccccc1)c1ccccc1. The lowest BCUT2D eigenvalue weighted by atomic mass is 9.88. The van der Waals surface area contributed by atoms with Crippen LogP contribution in [0, 0.1) is 5.82 Å². The van der Waals surface area contributed by atoms with Gasteiger partial charge in [-0.2, -0.15) is 0 Å². The standard InChI is InChI=1S/C25H26FNO2/c1-18(16-24(28)21-12-14-22(26)15-13-21)27-25(29)17-23(19-8-4-2-5-9-19)20-10-6-3-7-11-20/h2-15,18,23-24,28H,16-17H2,1H3,(H,27,29). The maximum Gasteiger partial charge on any atom is 0.221 e. The van der Waals surface area contributed by atoms with Gasteiger partial charge in [0.1, 0.15) is 5.82 Å². The molecule has 0 aromatic heterocycles. The fourth-order valence-corrected chi connectivity index (χ4v) is 3.53. The number of benzene rings is 3. The molecule has 1 amide bonds. The van der Waals surface area contributed by atoms with Gasteiger partial charge in [-0.15, -0.1) is 0 Å². The molecule has 3 rings (SSSR count). The Morgan fingerprint density at radius 1 is 0.862 bits per heavy atom. The third-order valence-corrected chi connectivity index (χ3v) is 5.03. The van der Waals surface area contributed by atoms with Crippen LogP contribution < -0.4 is 5.32 Å². The number of carbonyl (C=O) groups is 1. The summed E-state index contributed by atoms with van der Waals surface area (Å²) in [5.41, 5.74) is 2.82. The number of halogens is 1. The van der Waals surface area contributed by atoms with Crippen molar-refractivity contribution >= 4 is 5.91 Å². The molecule has 4 heteroatoms. The van der Waals surface area contributed by atoms with Crippen molar-refractivity contribution in [2.45, 2.75) is 37.8 Å². The zero-order chi connectivity index (χ0) is 20.6. The van der Waals surface area contributed by atoms with Gasteiger partial charge in [0.15, 0.2) is 0 Å². The fraction of sp³-hybridized carbons (Fsp3) is 0.240. The quantitative estimate of drug-likeness (QED) is 0.569. The van der Waals surface area contributed by atoms with Crippen molar-refractivity contribution in [3.8, 4) is 0 Å². The van der Waals surface area contributed by atoms with E-state index in [1.54, 1.807) is 12.1 Å². The predicted molar refractivity (Wildman–Crippen MR) is 113 cm³/mol. The van der Waals surface area contributed by atoms with E-state index in [1.807, 2.05) is 67.6 Å². The Labute approximate surface area is 171 Å². The molecular weight excluding hydrogens is 365 g/mol. The highest BCUT2D eigenvalue weighted by molar-refractivity contribution is 5.77. The molecule has 0 radical (unpaired) electrons. The first-order chi connectivity index (χ1) is 14.0. The van der Waals surface area contributed by atoms with Crippen molar-refractivity contribution in [2.75, 3.05) is 0 Å². The molecule has 0 aliphatic carbocycles. The van der Waals surface area contributed by atoms with Crippen LogP contribution in [0.25, 0.3) is 0 Å². The van der Waals surface area contributed by atoms with Gasteiger partial charge in [-0.3, -0.25) is 4.79 Å². The van der Waals surface area contributed by atoms with Crippen molar-refractivity contribution in [3.05, 3.63) is 107 Å². The monoisotopic (exact) mass is 391 g/mol. The van der Waals surface area contributed by atoms with Crippen LogP contribution >= 0.6 is 0 Å². The van der Waals surface area contributed by atoms with Crippen molar-refractivity contribution in [3.63, 3.8) is 0 Å². The predicted octanol–water partition coefficient (Wildman–Crippen LogP) is 4.98. The number of amides is 1. The van der Waals surface area contributed by atoms with Crippen molar-refractivity contribution in [1.29, 1.82) is 0 Å². The van der Waals surface area contributed by atoms with E-state index in [1.165, 1.54) is 12.1 Å². The van der Waals surface area contributed by atoms with Gasteiger partial charge in [0.05, 0.1) is 6.10 Å². The van der Waals surface area contributed by atoms with Crippen molar-refractivity contribution in [2.24, 2.45) is 0 Å². The number of rotatable bonds is 8. The number of aliphatic hydroxyl groups excluding tert-OH is 1. The molecule has 0 saturated carbocycles. The summed E-state index contributed by atoms with van der Waals surface area (Å²) < 4.78 is 13.0. The van der Waals surface area contributed by atoms with Crippen LogP contribution in [0.2, 0.25) is 0 Å². The summed E-state index contributed by atoms with van der Waals surface area (Å²) in [4.78, 5) is 12.7. The Morgan fingerprint density at radius 3 is 1.90 bits per heavy atom. The van der Waals surface area contributed by atoms with E-state index in [4.69, 9.17) is 0 Å². The van der Waals surface area contributed by atoms with Crippen LogP contribution in [0.4, 0.5) is 4.39 Å². The topological polar surface area (TPSA) is 49.3 Å². The first kappa shape index (κ1) is 20.7. The Kier molecular flexibility index (Phi) is 7.14. The molecule has 2 N–H and O–H groups in total. The van der Waals surface area contributed by atoms with Crippen LogP contribution in [-0.2, 0) is 4.79 Å². The molecule has 3 aromatic rings. The van der Waals surface area contributed by atoms with Gasteiger partial charge in [0, 0.05) is 18.4 Å². The fourth-order valence-electron chi connectivity index (χ4n) is 3.53. The second-order valence-corrected chi connectivity index (χ2v) is 7.35. The first-order valence-electron chi connectivity index (χ1n) is 9.85. The van der Waals surface area contributed by atoms with E-state index in [-0.39, 0.29) is 23.7 Å². The smallest absolute Gasteiger partial charge is 0.221 e. The molecule has 0 bridgehead atoms. The maximum atomic E-state index is 13.0. The lowest BCUT2D eigenvalue weighted by Gasteiger charge is -2.21. The minimum atomic E-state index is -0.759. The van der Waals surface area contributed by atoms with Gasteiger partial charge in [0.2, 0.25) is 5.91 Å². The normalized spacial score (nSPS) is 13.1. The summed E-state index contributed by atoms with van der Waals surface area (Å²) in [5, 5.41) is 13.3. The van der Waals surface area contributed by atoms with Crippen molar-refractivity contribution in [1.82, 2.24) is 5.32 Å².